The van der Waals surface area contributed by atoms with E-state index >= 15 is 0 Å². The zero-order valence-corrected chi connectivity index (χ0v) is 10.4. The fraction of sp³-hybridized carbons (Fsp3) is 0.929. The average molecular weight is 208 g/mol. The van der Waals surface area contributed by atoms with Gasteiger partial charge in [0.05, 0.1) is 0 Å². The first-order valence-electron chi connectivity index (χ1n) is 6.57. The lowest BCUT2D eigenvalue weighted by Gasteiger charge is -2.31. The van der Waals surface area contributed by atoms with Crippen LogP contribution in [-0.2, 0) is 4.79 Å². The Balaban J connectivity index is 2.08. The smallest absolute Gasteiger partial charge is 0.139 e. The lowest BCUT2D eigenvalue weighted by Crippen LogP contribution is -2.27. The zero-order valence-electron chi connectivity index (χ0n) is 10.4. The maximum absolute atomic E-state index is 12.2. The molecule has 2 fully saturated rings. The summed E-state index contributed by atoms with van der Waals surface area (Å²) in [5.74, 6) is 2.21. The Morgan fingerprint density at radius 2 is 2.13 bits per heavy atom. The van der Waals surface area contributed by atoms with Crippen LogP contribution in [0.25, 0.3) is 0 Å². The molecule has 0 saturated heterocycles. The minimum absolute atomic E-state index is 0.375. The molecule has 0 unspecified atom stereocenters. The minimum atomic E-state index is 0.375. The number of rotatable bonds is 2. The molecule has 2 rings (SSSR count). The first kappa shape index (κ1) is 11.2. The van der Waals surface area contributed by atoms with Gasteiger partial charge in [-0.25, -0.2) is 0 Å². The molecule has 0 aromatic heterocycles. The van der Waals surface area contributed by atoms with Gasteiger partial charge in [0.15, 0.2) is 0 Å². The molecule has 0 aromatic carbocycles. The highest BCUT2D eigenvalue weighted by molar-refractivity contribution is 5.86. The predicted molar refractivity (Wildman–Crippen MR) is 62.6 cm³/mol. The van der Waals surface area contributed by atoms with E-state index in [9.17, 15) is 4.79 Å². The van der Waals surface area contributed by atoms with Gasteiger partial charge < -0.3 is 0 Å². The molecule has 0 bridgehead atoms. The van der Waals surface area contributed by atoms with Crippen LogP contribution in [0, 0.1) is 23.2 Å². The number of hydrogen-bond donors (Lipinski definition) is 0. The summed E-state index contributed by atoms with van der Waals surface area (Å²) >= 11 is 0. The summed E-state index contributed by atoms with van der Waals surface area (Å²) < 4.78 is 0. The number of fused-ring (bicyclic) bond motifs is 1. The van der Waals surface area contributed by atoms with Crippen LogP contribution < -0.4 is 0 Å². The fourth-order valence-corrected chi connectivity index (χ4v) is 3.26. The van der Waals surface area contributed by atoms with Crippen LogP contribution in [0.3, 0.4) is 0 Å². The molecule has 86 valence electrons. The second kappa shape index (κ2) is 3.92. The fourth-order valence-electron chi connectivity index (χ4n) is 3.26. The first-order chi connectivity index (χ1) is 7.03. The quantitative estimate of drug-likeness (QED) is 0.674. The van der Waals surface area contributed by atoms with E-state index in [1.807, 2.05) is 0 Å². The highest BCUT2D eigenvalue weighted by Gasteiger charge is 2.47. The predicted octanol–water partition coefficient (Wildman–Crippen LogP) is 3.82. The van der Waals surface area contributed by atoms with E-state index in [-0.39, 0.29) is 0 Å². The number of ketones is 1. The van der Waals surface area contributed by atoms with Gasteiger partial charge >= 0.3 is 0 Å². The summed E-state index contributed by atoms with van der Waals surface area (Å²) in [5, 5.41) is 0. The molecule has 0 aromatic rings. The molecule has 0 heterocycles. The molecule has 1 heteroatoms. The maximum Gasteiger partial charge on any atom is 0.139 e. The van der Waals surface area contributed by atoms with Gasteiger partial charge in [-0.15, -0.1) is 0 Å². The Bertz CT molecular complexity index is 254. The lowest BCUT2D eigenvalue weighted by atomic mass is 9.73. The van der Waals surface area contributed by atoms with Crippen molar-refractivity contribution in [3.8, 4) is 0 Å². The summed E-state index contributed by atoms with van der Waals surface area (Å²) in [7, 11) is 0. The minimum Gasteiger partial charge on any atom is -0.299 e. The molecule has 0 N–H and O–H groups in total. The maximum atomic E-state index is 12.2. The van der Waals surface area contributed by atoms with Gasteiger partial charge in [-0.05, 0) is 43.4 Å². The molecular formula is C14H24O. The Morgan fingerprint density at radius 1 is 1.40 bits per heavy atom. The van der Waals surface area contributed by atoms with Crippen molar-refractivity contribution in [3.05, 3.63) is 0 Å². The second-order valence-corrected chi connectivity index (χ2v) is 6.40. The van der Waals surface area contributed by atoms with E-state index in [2.05, 4.69) is 20.8 Å². The van der Waals surface area contributed by atoms with Gasteiger partial charge in [0, 0.05) is 11.8 Å². The van der Waals surface area contributed by atoms with E-state index in [1.54, 1.807) is 0 Å². The normalized spacial score (nSPS) is 39.1. The summed E-state index contributed by atoms with van der Waals surface area (Å²) in [6, 6.07) is 0. The highest BCUT2D eigenvalue weighted by atomic mass is 16.1. The van der Waals surface area contributed by atoms with Crippen LogP contribution in [-0.4, -0.2) is 5.78 Å². The number of carbonyl (C=O) groups excluding carboxylic acids is 1. The SMILES string of the molecule is CCC[C@H]1CC(C)(C)CC[C@H]2C[C@H]2C1=O. The van der Waals surface area contributed by atoms with Gasteiger partial charge in [0.25, 0.3) is 0 Å². The molecule has 2 saturated carbocycles. The molecule has 3 atom stereocenters. The molecule has 2 aliphatic carbocycles. The molecule has 0 amide bonds. The van der Waals surface area contributed by atoms with Crippen molar-refractivity contribution in [1.82, 2.24) is 0 Å². The Morgan fingerprint density at radius 3 is 2.80 bits per heavy atom. The summed E-state index contributed by atoms with van der Waals surface area (Å²) in [4.78, 5) is 12.2. The number of carbonyl (C=O) groups is 1. The van der Waals surface area contributed by atoms with Gasteiger partial charge in [-0.3, -0.25) is 4.79 Å². The van der Waals surface area contributed by atoms with E-state index in [0.717, 1.165) is 25.2 Å². The third kappa shape index (κ3) is 2.43. The van der Waals surface area contributed by atoms with Gasteiger partial charge in [0.2, 0.25) is 0 Å². The monoisotopic (exact) mass is 208 g/mol. The Kier molecular flexibility index (Phi) is 2.92. The standard InChI is InChI=1S/C14H24O/c1-4-5-11-9-14(2,3)7-6-10-8-12(10)13(11)15/h10-12H,4-9H2,1-3H3/t10-,11-,12+/m0/s1. The third-order valence-electron chi connectivity index (χ3n) is 4.32. The van der Waals surface area contributed by atoms with Crippen molar-refractivity contribution in [3.63, 3.8) is 0 Å². The van der Waals surface area contributed by atoms with E-state index < -0.39 is 0 Å². The van der Waals surface area contributed by atoms with Crippen molar-refractivity contribution >= 4 is 5.78 Å². The average Bonchev–Trinajstić information content (AvgIpc) is 2.91. The molecule has 15 heavy (non-hydrogen) atoms. The van der Waals surface area contributed by atoms with Crippen molar-refractivity contribution in [2.24, 2.45) is 23.2 Å². The second-order valence-electron chi connectivity index (χ2n) is 6.40. The third-order valence-corrected chi connectivity index (χ3v) is 4.32. The van der Waals surface area contributed by atoms with Crippen LogP contribution in [0.15, 0.2) is 0 Å². The highest BCUT2D eigenvalue weighted by Crippen LogP contribution is 2.50. The van der Waals surface area contributed by atoms with Crippen LogP contribution in [0.1, 0.15) is 59.3 Å². The van der Waals surface area contributed by atoms with Gasteiger partial charge in [-0.2, -0.15) is 0 Å². The number of Topliss-reactive ketones (excluding diaryl/α,β-unsaturated/α-hetero) is 1. The van der Waals surface area contributed by atoms with Crippen molar-refractivity contribution in [2.45, 2.75) is 59.3 Å². The van der Waals surface area contributed by atoms with Crippen molar-refractivity contribution in [1.29, 1.82) is 0 Å². The van der Waals surface area contributed by atoms with Crippen molar-refractivity contribution in [2.75, 3.05) is 0 Å². The summed E-state index contributed by atoms with van der Waals surface area (Å²) in [6.45, 7) is 6.88. The van der Waals surface area contributed by atoms with Crippen molar-refractivity contribution < 1.29 is 4.79 Å². The molecule has 2 aliphatic rings. The molecule has 0 radical (unpaired) electrons. The van der Waals surface area contributed by atoms with Crippen LogP contribution in [0.4, 0.5) is 0 Å². The molecule has 0 aliphatic heterocycles. The van der Waals surface area contributed by atoms with Crippen LogP contribution in [0.2, 0.25) is 0 Å². The first-order valence-corrected chi connectivity index (χ1v) is 6.57. The zero-order chi connectivity index (χ0) is 11.1. The largest absolute Gasteiger partial charge is 0.299 e. The molecule has 1 nitrogen and oxygen atoms in total. The van der Waals surface area contributed by atoms with E-state index in [1.165, 1.54) is 19.3 Å². The van der Waals surface area contributed by atoms with E-state index in [4.69, 9.17) is 0 Å². The van der Waals surface area contributed by atoms with Gasteiger partial charge in [0.1, 0.15) is 5.78 Å². The van der Waals surface area contributed by atoms with Crippen LogP contribution >= 0.6 is 0 Å². The van der Waals surface area contributed by atoms with E-state index in [0.29, 0.717) is 23.0 Å². The molecule has 0 spiro atoms. The Labute approximate surface area is 93.6 Å². The number of hydrogen-bond acceptors (Lipinski definition) is 1. The van der Waals surface area contributed by atoms with Crippen LogP contribution in [0.5, 0.6) is 0 Å². The summed E-state index contributed by atoms with van der Waals surface area (Å²) in [6.07, 6.45) is 7.22. The lowest BCUT2D eigenvalue weighted by molar-refractivity contribution is -0.126. The van der Waals surface area contributed by atoms with Gasteiger partial charge in [-0.1, -0.05) is 27.2 Å². The topological polar surface area (TPSA) is 17.1 Å². The summed E-state index contributed by atoms with van der Waals surface area (Å²) in [5.41, 5.74) is 0.392. The Hall–Kier alpha value is -0.330. The molecular weight excluding hydrogens is 184 g/mol.